The lowest BCUT2D eigenvalue weighted by molar-refractivity contribution is 1.06. The molecule has 0 saturated carbocycles. The van der Waals surface area contributed by atoms with Crippen LogP contribution >= 0.6 is 0 Å². The number of hydrogen-bond donors (Lipinski definition) is 2. The van der Waals surface area contributed by atoms with Crippen LogP contribution in [0.1, 0.15) is 12.6 Å². The fraction of sp³-hybridized carbons (Fsp3) is 0.333. The highest BCUT2D eigenvalue weighted by Crippen LogP contribution is 2.03. The van der Waals surface area contributed by atoms with Crippen LogP contribution in [-0.4, -0.2) is 4.98 Å². The summed E-state index contributed by atoms with van der Waals surface area (Å²) in [6, 6.07) is 1.94. The van der Waals surface area contributed by atoms with Crippen LogP contribution in [0.25, 0.3) is 0 Å². The summed E-state index contributed by atoms with van der Waals surface area (Å²) in [5.74, 6) is 0. The molecule has 1 aromatic rings. The largest absolute Gasteiger partial charge is 0.397 e. The number of rotatable bonds is 1. The molecule has 2 nitrogen and oxygen atoms in total. The summed E-state index contributed by atoms with van der Waals surface area (Å²) in [6.07, 6.45) is 2.83. The zero-order valence-corrected chi connectivity index (χ0v) is 4.94. The van der Waals surface area contributed by atoms with E-state index in [-0.39, 0.29) is 0 Å². The van der Waals surface area contributed by atoms with E-state index in [1.807, 2.05) is 6.07 Å². The van der Waals surface area contributed by atoms with Gasteiger partial charge in [0.2, 0.25) is 0 Å². The SMILES string of the molecule is CCc1cc(N)c[nH]1. The van der Waals surface area contributed by atoms with E-state index in [2.05, 4.69) is 11.9 Å². The summed E-state index contributed by atoms with van der Waals surface area (Å²) in [4.78, 5) is 3.03. The Morgan fingerprint density at radius 3 is 2.75 bits per heavy atom. The lowest BCUT2D eigenvalue weighted by Crippen LogP contribution is -1.77. The molecule has 2 heteroatoms. The van der Waals surface area contributed by atoms with Gasteiger partial charge in [0.25, 0.3) is 0 Å². The molecule has 0 spiro atoms. The summed E-state index contributed by atoms with van der Waals surface area (Å²) in [6.45, 7) is 2.09. The van der Waals surface area contributed by atoms with Crippen molar-refractivity contribution in [3.05, 3.63) is 18.0 Å². The predicted octanol–water partition coefficient (Wildman–Crippen LogP) is 1.16. The number of nitrogens with one attached hydrogen (secondary N) is 1. The molecule has 1 heterocycles. The molecule has 0 amide bonds. The number of aromatic nitrogens is 1. The van der Waals surface area contributed by atoms with Crippen LogP contribution in [-0.2, 0) is 6.42 Å². The molecule has 0 atom stereocenters. The van der Waals surface area contributed by atoms with Crippen molar-refractivity contribution in [2.45, 2.75) is 13.3 Å². The van der Waals surface area contributed by atoms with Crippen molar-refractivity contribution >= 4 is 5.69 Å². The molecule has 0 saturated heterocycles. The van der Waals surface area contributed by atoms with E-state index in [1.54, 1.807) is 6.20 Å². The monoisotopic (exact) mass is 110 g/mol. The Hall–Kier alpha value is -0.920. The molecule has 0 unspecified atom stereocenters. The Morgan fingerprint density at radius 1 is 1.75 bits per heavy atom. The first kappa shape index (κ1) is 5.22. The van der Waals surface area contributed by atoms with Crippen LogP contribution in [0.3, 0.4) is 0 Å². The Kier molecular flexibility index (Phi) is 1.24. The maximum Gasteiger partial charge on any atom is 0.0494 e. The number of aromatic amines is 1. The lowest BCUT2D eigenvalue weighted by atomic mass is 10.3. The van der Waals surface area contributed by atoms with Crippen LogP contribution in [0.4, 0.5) is 5.69 Å². The maximum absolute atomic E-state index is 5.42. The minimum Gasteiger partial charge on any atom is -0.397 e. The number of H-pyrrole nitrogens is 1. The second-order valence-corrected chi connectivity index (χ2v) is 1.81. The lowest BCUT2D eigenvalue weighted by Gasteiger charge is -1.81. The van der Waals surface area contributed by atoms with Crippen LogP contribution in [0.15, 0.2) is 12.3 Å². The quantitative estimate of drug-likeness (QED) is 0.559. The summed E-state index contributed by atoms with van der Waals surface area (Å²) < 4.78 is 0. The van der Waals surface area contributed by atoms with Gasteiger partial charge in [0, 0.05) is 17.6 Å². The van der Waals surface area contributed by atoms with E-state index in [4.69, 9.17) is 5.73 Å². The van der Waals surface area contributed by atoms with Gasteiger partial charge < -0.3 is 10.7 Å². The first-order chi connectivity index (χ1) is 3.83. The molecular formula is C6H10N2. The fourth-order valence-corrected chi connectivity index (χ4v) is 0.665. The van der Waals surface area contributed by atoms with Gasteiger partial charge in [-0.1, -0.05) is 6.92 Å². The molecule has 0 aromatic carbocycles. The number of nitrogen functional groups attached to an aromatic ring is 1. The molecule has 8 heavy (non-hydrogen) atoms. The molecule has 0 fully saturated rings. The molecule has 0 radical (unpaired) electrons. The third kappa shape index (κ3) is 0.832. The number of hydrogen-bond acceptors (Lipinski definition) is 1. The molecule has 0 aliphatic heterocycles. The average molecular weight is 110 g/mol. The van der Waals surface area contributed by atoms with E-state index in [9.17, 15) is 0 Å². The second-order valence-electron chi connectivity index (χ2n) is 1.81. The maximum atomic E-state index is 5.42. The molecule has 1 rings (SSSR count). The zero-order chi connectivity index (χ0) is 5.98. The van der Waals surface area contributed by atoms with Gasteiger partial charge in [0.05, 0.1) is 0 Å². The van der Waals surface area contributed by atoms with Crippen LogP contribution < -0.4 is 5.73 Å². The first-order valence-electron chi connectivity index (χ1n) is 2.75. The third-order valence-corrected chi connectivity index (χ3v) is 1.15. The van der Waals surface area contributed by atoms with E-state index in [1.165, 1.54) is 5.69 Å². The van der Waals surface area contributed by atoms with Gasteiger partial charge in [0.15, 0.2) is 0 Å². The zero-order valence-electron chi connectivity index (χ0n) is 4.94. The van der Waals surface area contributed by atoms with Crippen LogP contribution in [0, 0.1) is 0 Å². The normalized spacial score (nSPS) is 9.62. The summed E-state index contributed by atoms with van der Waals surface area (Å²) >= 11 is 0. The van der Waals surface area contributed by atoms with Crippen molar-refractivity contribution < 1.29 is 0 Å². The average Bonchev–Trinajstić information content (AvgIpc) is 2.14. The van der Waals surface area contributed by atoms with E-state index >= 15 is 0 Å². The summed E-state index contributed by atoms with van der Waals surface area (Å²) in [5, 5.41) is 0. The van der Waals surface area contributed by atoms with Crippen molar-refractivity contribution in [3.63, 3.8) is 0 Å². The second kappa shape index (κ2) is 1.90. The molecule has 1 aromatic heterocycles. The summed E-state index contributed by atoms with van der Waals surface area (Å²) in [5.41, 5.74) is 7.44. The highest BCUT2D eigenvalue weighted by molar-refractivity contribution is 5.37. The van der Waals surface area contributed by atoms with E-state index in [0.717, 1.165) is 12.1 Å². The first-order valence-corrected chi connectivity index (χ1v) is 2.75. The van der Waals surface area contributed by atoms with Gasteiger partial charge in [-0.25, -0.2) is 0 Å². The molecule has 0 aliphatic carbocycles. The summed E-state index contributed by atoms with van der Waals surface area (Å²) in [7, 11) is 0. The number of aryl methyl sites for hydroxylation is 1. The minimum absolute atomic E-state index is 0.821. The number of nitrogens with two attached hydrogens (primary N) is 1. The Morgan fingerprint density at radius 2 is 2.50 bits per heavy atom. The Balaban J connectivity index is 2.84. The van der Waals surface area contributed by atoms with E-state index in [0.29, 0.717) is 0 Å². The molecule has 0 aliphatic rings. The molecule has 44 valence electrons. The van der Waals surface area contributed by atoms with Gasteiger partial charge >= 0.3 is 0 Å². The van der Waals surface area contributed by atoms with Crippen molar-refractivity contribution in [3.8, 4) is 0 Å². The standard InChI is InChI=1S/C6H10N2/c1-2-6-3-5(7)4-8-6/h3-4,8H,2,7H2,1H3. The Bertz CT molecular complexity index is 167. The molecule has 3 N–H and O–H groups in total. The van der Waals surface area contributed by atoms with Gasteiger partial charge in [-0.15, -0.1) is 0 Å². The van der Waals surface area contributed by atoms with Crippen molar-refractivity contribution in [2.75, 3.05) is 5.73 Å². The highest BCUT2D eigenvalue weighted by atomic mass is 14.7. The smallest absolute Gasteiger partial charge is 0.0494 e. The van der Waals surface area contributed by atoms with Crippen molar-refractivity contribution in [1.82, 2.24) is 4.98 Å². The van der Waals surface area contributed by atoms with Gasteiger partial charge in [0.1, 0.15) is 0 Å². The van der Waals surface area contributed by atoms with Gasteiger partial charge in [-0.3, -0.25) is 0 Å². The minimum atomic E-state index is 0.821. The van der Waals surface area contributed by atoms with Crippen molar-refractivity contribution in [1.29, 1.82) is 0 Å². The third-order valence-electron chi connectivity index (χ3n) is 1.15. The Labute approximate surface area is 48.7 Å². The van der Waals surface area contributed by atoms with Crippen LogP contribution in [0.2, 0.25) is 0 Å². The fourth-order valence-electron chi connectivity index (χ4n) is 0.665. The highest BCUT2D eigenvalue weighted by Gasteiger charge is 1.88. The van der Waals surface area contributed by atoms with Crippen LogP contribution in [0.5, 0.6) is 0 Å². The number of anilines is 1. The van der Waals surface area contributed by atoms with Gasteiger partial charge in [-0.05, 0) is 12.5 Å². The topological polar surface area (TPSA) is 41.8 Å². The van der Waals surface area contributed by atoms with E-state index < -0.39 is 0 Å². The van der Waals surface area contributed by atoms with Crippen molar-refractivity contribution in [2.24, 2.45) is 0 Å². The molecule has 0 bridgehead atoms. The predicted molar refractivity (Wildman–Crippen MR) is 34.6 cm³/mol. The molecular weight excluding hydrogens is 100 g/mol. The van der Waals surface area contributed by atoms with Gasteiger partial charge in [-0.2, -0.15) is 0 Å².